The Morgan fingerprint density at radius 2 is 2.00 bits per heavy atom. The largest absolute Gasteiger partial charge is 0.419 e. The van der Waals surface area contributed by atoms with Crippen LogP contribution in [0.4, 0.5) is 17.6 Å². The molecule has 0 fully saturated rings. The predicted molar refractivity (Wildman–Crippen MR) is 60.4 cm³/mol. The number of hydrogen-bond donors (Lipinski definition) is 0. The molecule has 0 radical (unpaired) electrons. The van der Waals surface area contributed by atoms with E-state index in [1.165, 1.54) is 12.1 Å². The number of nitrogens with zero attached hydrogens (tertiary/aromatic N) is 2. The number of benzene rings is 1. The van der Waals surface area contributed by atoms with Crippen LogP contribution in [0.5, 0.6) is 0 Å². The lowest BCUT2D eigenvalue weighted by molar-refractivity contribution is -0.137. The van der Waals surface area contributed by atoms with Gasteiger partial charge in [-0.25, -0.2) is 4.39 Å². The third kappa shape index (κ3) is 2.72. The Morgan fingerprint density at radius 1 is 1.28 bits per heavy atom. The maximum absolute atomic E-state index is 13.2. The number of rotatable bonds is 2. The molecule has 0 aliphatic heterocycles. The van der Waals surface area contributed by atoms with Crippen LogP contribution in [-0.2, 0) is 12.7 Å². The van der Waals surface area contributed by atoms with Crippen LogP contribution in [0.1, 0.15) is 11.1 Å². The van der Waals surface area contributed by atoms with E-state index in [0.29, 0.717) is 5.56 Å². The molecule has 0 unspecified atom stereocenters. The molecule has 18 heavy (non-hydrogen) atoms. The molecule has 0 aliphatic carbocycles. The van der Waals surface area contributed by atoms with Crippen LogP contribution in [0.25, 0.3) is 0 Å². The van der Waals surface area contributed by atoms with Crippen LogP contribution >= 0.6 is 15.9 Å². The zero-order valence-electron chi connectivity index (χ0n) is 8.88. The summed E-state index contributed by atoms with van der Waals surface area (Å²) >= 11 is 3.05. The fourth-order valence-corrected chi connectivity index (χ4v) is 1.83. The molecule has 0 saturated carbocycles. The molecule has 0 bridgehead atoms. The molecule has 2 nitrogen and oxygen atoms in total. The van der Waals surface area contributed by atoms with Crippen LogP contribution < -0.4 is 0 Å². The van der Waals surface area contributed by atoms with Gasteiger partial charge >= 0.3 is 6.18 Å². The van der Waals surface area contributed by atoms with E-state index in [9.17, 15) is 17.6 Å². The zero-order valence-corrected chi connectivity index (χ0v) is 10.5. The Balaban J connectivity index is 2.24. The highest BCUT2D eigenvalue weighted by Crippen LogP contribution is 2.29. The van der Waals surface area contributed by atoms with Gasteiger partial charge in [0.05, 0.1) is 22.8 Å². The van der Waals surface area contributed by atoms with Crippen molar-refractivity contribution in [1.29, 1.82) is 0 Å². The lowest BCUT2D eigenvalue weighted by Gasteiger charge is -2.05. The van der Waals surface area contributed by atoms with Crippen LogP contribution in [0.3, 0.4) is 0 Å². The average Bonchev–Trinajstić information content (AvgIpc) is 2.73. The molecule has 2 aromatic rings. The van der Waals surface area contributed by atoms with Gasteiger partial charge in [-0.15, -0.1) is 0 Å². The first-order valence-corrected chi connectivity index (χ1v) is 5.70. The summed E-state index contributed by atoms with van der Waals surface area (Å²) in [6.45, 7) is 0.0639. The molecule has 0 aliphatic rings. The maximum Gasteiger partial charge on any atom is 0.419 e. The first-order chi connectivity index (χ1) is 8.38. The van der Waals surface area contributed by atoms with Crippen molar-refractivity contribution in [2.24, 2.45) is 0 Å². The standard InChI is InChI=1S/C11H7BrF4N2/c12-10-7(2-1-3-9(10)13)5-18-6-8(4-17-18)11(14,15)16/h1-4,6H,5H2. The van der Waals surface area contributed by atoms with E-state index in [2.05, 4.69) is 21.0 Å². The highest BCUT2D eigenvalue weighted by molar-refractivity contribution is 9.10. The van der Waals surface area contributed by atoms with E-state index in [1.54, 1.807) is 6.07 Å². The van der Waals surface area contributed by atoms with Gasteiger partial charge in [-0.3, -0.25) is 4.68 Å². The molecule has 96 valence electrons. The number of halogens is 5. The van der Waals surface area contributed by atoms with Crippen LogP contribution in [0.15, 0.2) is 35.1 Å². The molecule has 0 amide bonds. The summed E-state index contributed by atoms with van der Waals surface area (Å²) in [5.41, 5.74) is -0.304. The smallest absolute Gasteiger partial charge is 0.268 e. The van der Waals surface area contributed by atoms with Gasteiger partial charge in [0.1, 0.15) is 5.82 Å². The Labute approximate surface area is 108 Å². The fraction of sp³-hybridized carbons (Fsp3) is 0.182. The molecule has 0 spiro atoms. The SMILES string of the molecule is Fc1cccc(Cn2cc(C(F)(F)F)cn2)c1Br. The van der Waals surface area contributed by atoms with Gasteiger partial charge in [-0.1, -0.05) is 12.1 Å². The van der Waals surface area contributed by atoms with Crippen molar-refractivity contribution >= 4 is 15.9 Å². The average molecular weight is 323 g/mol. The van der Waals surface area contributed by atoms with Gasteiger partial charge < -0.3 is 0 Å². The summed E-state index contributed by atoms with van der Waals surface area (Å²) in [6, 6.07) is 4.36. The van der Waals surface area contributed by atoms with E-state index in [-0.39, 0.29) is 11.0 Å². The normalized spacial score (nSPS) is 11.8. The van der Waals surface area contributed by atoms with Crippen LogP contribution in [0.2, 0.25) is 0 Å². The highest BCUT2D eigenvalue weighted by atomic mass is 79.9. The molecule has 7 heteroatoms. The third-order valence-electron chi connectivity index (χ3n) is 2.32. The molecule has 1 heterocycles. The van der Waals surface area contributed by atoms with Crippen LogP contribution in [0, 0.1) is 5.82 Å². The first kappa shape index (κ1) is 13.1. The topological polar surface area (TPSA) is 17.8 Å². The monoisotopic (exact) mass is 322 g/mol. The van der Waals surface area contributed by atoms with E-state index >= 15 is 0 Å². The van der Waals surface area contributed by atoms with E-state index in [1.807, 2.05) is 0 Å². The Hall–Kier alpha value is -1.37. The molecule has 0 N–H and O–H groups in total. The Morgan fingerprint density at radius 3 is 2.61 bits per heavy atom. The van der Waals surface area contributed by atoms with E-state index in [0.717, 1.165) is 17.1 Å². The second kappa shape index (κ2) is 4.72. The number of alkyl halides is 3. The lowest BCUT2D eigenvalue weighted by Crippen LogP contribution is -2.04. The lowest BCUT2D eigenvalue weighted by atomic mass is 10.2. The fourth-order valence-electron chi connectivity index (χ4n) is 1.44. The minimum Gasteiger partial charge on any atom is -0.268 e. The molecular weight excluding hydrogens is 316 g/mol. The summed E-state index contributed by atoms with van der Waals surface area (Å²) in [5, 5.41) is 3.60. The van der Waals surface area contributed by atoms with Gasteiger partial charge in [0.2, 0.25) is 0 Å². The summed E-state index contributed by atoms with van der Waals surface area (Å²) in [5.74, 6) is -0.462. The van der Waals surface area contributed by atoms with Crippen molar-refractivity contribution in [2.75, 3.05) is 0 Å². The van der Waals surface area contributed by atoms with Crippen LogP contribution in [-0.4, -0.2) is 9.78 Å². The van der Waals surface area contributed by atoms with Gasteiger partial charge in [0, 0.05) is 6.20 Å². The molecule has 0 saturated heterocycles. The number of aromatic nitrogens is 2. The maximum atomic E-state index is 13.2. The van der Waals surface area contributed by atoms with Crippen molar-refractivity contribution < 1.29 is 17.6 Å². The summed E-state index contributed by atoms with van der Waals surface area (Å²) in [4.78, 5) is 0. The third-order valence-corrected chi connectivity index (χ3v) is 3.21. The van der Waals surface area contributed by atoms with Crippen molar-refractivity contribution in [3.63, 3.8) is 0 Å². The highest BCUT2D eigenvalue weighted by Gasteiger charge is 2.32. The van der Waals surface area contributed by atoms with E-state index in [4.69, 9.17) is 0 Å². The number of hydrogen-bond acceptors (Lipinski definition) is 1. The van der Waals surface area contributed by atoms with E-state index < -0.39 is 17.6 Å². The first-order valence-electron chi connectivity index (χ1n) is 4.90. The van der Waals surface area contributed by atoms with Crippen molar-refractivity contribution in [3.05, 3.63) is 52.0 Å². The summed E-state index contributed by atoms with van der Waals surface area (Å²) < 4.78 is 51.6. The minimum absolute atomic E-state index is 0.0639. The van der Waals surface area contributed by atoms with Crippen molar-refractivity contribution in [2.45, 2.75) is 12.7 Å². The molecule has 2 rings (SSSR count). The molecule has 1 aromatic heterocycles. The quantitative estimate of drug-likeness (QED) is 0.768. The molecule has 0 atom stereocenters. The van der Waals surface area contributed by atoms with Gasteiger partial charge in [-0.2, -0.15) is 18.3 Å². The summed E-state index contributed by atoms with van der Waals surface area (Å²) in [6.07, 6.45) is -2.79. The molecule has 1 aromatic carbocycles. The van der Waals surface area contributed by atoms with Crippen molar-refractivity contribution in [3.8, 4) is 0 Å². The Bertz CT molecular complexity index is 562. The minimum atomic E-state index is -4.42. The van der Waals surface area contributed by atoms with Gasteiger partial charge in [-0.05, 0) is 27.6 Å². The van der Waals surface area contributed by atoms with Gasteiger partial charge in [0.15, 0.2) is 0 Å². The molecular formula is C11H7BrF4N2. The van der Waals surface area contributed by atoms with Gasteiger partial charge in [0.25, 0.3) is 0 Å². The summed E-state index contributed by atoms with van der Waals surface area (Å²) in [7, 11) is 0. The second-order valence-electron chi connectivity index (χ2n) is 3.64. The zero-order chi connectivity index (χ0) is 13.3. The predicted octanol–water partition coefficient (Wildman–Crippen LogP) is 3.85. The van der Waals surface area contributed by atoms with Crippen molar-refractivity contribution in [1.82, 2.24) is 9.78 Å². The Kier molecular flexibility index (Phi) is 3.43. The second-order valence-corrected chi connectivity index (χ2v) is 4.43.